The van der Waals surface area contributed by atoms with Gasteiger partial charge in [-0.3, -0.25) is 0 Å². The van der Waals surface area contributed by atoms with Gasteiger partial charge in [0, 0.05) is 11.4 Å². The summed E-state index contributed by atoms with van der Waals surface area (Å²) in [5, 5.41) is 8.84. The van der Waals surface area contributed by atoms with E-state index >= 15 is 0 Å². The molecule has 0 bridgehead atoms. The fourth-order valence-electron chi connectivity index (χ4n) is 1.65. The smallest absolute Gasteiger partial charge is 0.0567 e. The van der Waals surface area contributed by atoms with Crippen molar-refractivity contribution in [2.45, 2.75) is 25.7 Å². The van der Waals surface area contributed by atoms with Crippen LogP contribution in [0.5, 0.6) is 0 Å². The zero-order valence-electron chi connectivity index (χ0n) is 9.87. The molecule has 0 aliphatic heterocycles. The van der Waals surface area contributed by atoms with E-state index in [9.17, 15) is 0 Å². The molecule has 3 heteroatoms. The number of rotatable bonds is 4. The molecule has 1 aromatic carbocycles. The molecular weight excluding hydrogens is 206 g/mol. The van der Waals surface area contributed by atoms with E-state index in [-0.39, 0.29) is 6.61 Å². The van der Waals surface area contributed by atoms with Crippen LogP contribution in [0.25, 0.3) is 0 Å². The number of hydrogen-bond acceptors (Lipinski definition) is 3. The Balaban J connectivity index is 2.85. The summed E-state index contributed by atoms with van der Waals surface area (Å²) in [4.78, 5) is 1.30. The predicted molar refractivity (Wildman–Crippen MR) is 66.2 cm³/mol. The molecule has 1 N–H and O–H groups in total. The van der Waals surface area contributed by atoms with Crippen LogP contribution >= 0.6 is 11.9 Å². The van der Waals surface area contributed by atoms with Crippen molar-refractivity contribution >= 4 is 11.9 Å². The summed E-state index contributed by atoms with van der Waals surface area (Å²) in [6.07, 6.45) is 0. The van der Waals surface area contributed by atoms with Gasteiger partial charge in [0.25, 0.3) is 0 Å². The number of benzene rings is 1. The number of aryl methyl sites for hydroxylation is 3. The zero-order chi connectivity index (χ0) is 11.4. The van der Waals surface area contributed by atoms with Crippen LogP contribution in [0, 0.1) is 20.8 Å². The molecule has 2 nitrogen and oxygen atoms in total. The second-order valence-corrected chi connectivity index (χ2v) is 5.11. The van der Waals surface area contributed by atoms with E-state index in [0.717, 1.165) is 0 Å². The van der Waals surface area contributed by atoms with Gasteiger partial charge in [0.05, 0.1) is 6.61 Å². The van der Waals surface area contributed by atoms with Gasteiger partial charge in [-0.15, -0.1) is 0 Å². The molecule has 1 aromatic rings. The Morgan fingerprint density at radius 2 is 1.73 bits per heavy atom. The van der Waals surface area contributed by atoms with Crippen molar-refractivity contribution in [2.24, 2.45) is 0 Å². The SMILES string of the molecule is Cc1cc(C)c(SN(C)CCO)c(C)c1. The standard InChI is InChI=1S/C12H19NOS/c1-9-7-10(2)12(11(3)8-9)15-13(4)5-6-14/h7-8,14H,5-6H2,1-4H3. The van der Waals surface area contributed by atoms with Crippen molar-refractivity contribution in [1.29, 1.82) is 0 Å². The first kappa shape index (κ1) is 12.6. The van der Waals surface area contributed by atoms with Crippen molar-refractivity contribution in [3.63, 3.8) is 0 Å². The largest absolute Gasteiger partial charge is 0.395 e. The maximum atomic E-state index is 8.84. The predicted octanol–water partition coefficient (Wildman–Crippen LogP) is 2.54. The zero-order valence-corrected chi connectivity index (χ0v) is 10.7. The second-order valence-electron chi connectivity index (χ2n) is 3.89. The van der Waals surface area contributed by atoms with Crippen molar-refractivity contribution in [3.05, 3.63) is 28.8 Å². The maximum Gasteiger partial charge on any atom is 0.0567 e. The van der Waals surface area contributed by atoms with E-state index in [0.29, 0.717) is 6.54 Å². The summed E-state index contributed by atoms with van der Waals surface area (Å²) in [7, 11) is 2.00. The third-order valence-electron chi connectivity index (χ3n) is 2.27. The molecule has 0 radical (unpaired) electrons. The molecular formula is C12H19NOS. The lowest BCUT2D eigenvalue weighted by atomic mass is 10.1. The third kappa shape index (κ3) is 3.52. The molecule has 0 aliphatic rings. The van der Waals surface area contributed by atoms with Gasteiger partial charge in [-0.25, -0.2) is 4.31 Å². The number of aliphatic hydroxyl groups excluding tert-OH is 1. The summed E-state index contributed by atoms with van der Waals surface area (Å²) >= 11 is 1.70. The summed E-state index contributed by atoms with van der Waals surface area (Å²) in [5.41, 5.74) is 3.92. The van der Waals surface area contributed by atoms with Crippen LogP contribution in [-0.4, -0.2) is 29.6 Å². The van der Waals surface area contributed by atoms with Gasteiger partial charge in [-0.05, 0) is 50.9 Å². The Labute approximate surface area is 96.4 Å². The maximum absolute atomic E-state index is 8.84. The lowest BCUT2D eigenvalue weighted by Crippen LogP contribution is -2.14. The molecule has 0 unspecified atom stereocenters. The Bertz CT molecular complexity index is 315. The fraction of sp³-hybridized carbons (Fsp3) is 0.500. The number of likely N-dealkylation sites (N-methyl/N-ethyl adjacent to an activating group) is 1. The second kappa shape index (κ2) is 5.54. The van der Waals surface area contributed by atoms with Gasteiger partial charge in [0.15, 0.2) is 0 Å². The van der Waals surface area contributed by atoms with Crippen molar-refractivity contribution < 1.29 is 5.11 Å². The van der Waals surface area contributed by atoms with Crippen LogP contribution < -0.4 is 0 Å². The van der Waals surface area contributed by atoms with Crippen LogP contribution in [0.1, 0.15) is 16.7 Å². The van der Waals surface area contributed by atoms with Gasteiger partial charge in [-0.2, -0.15) is 0 Å². The fourth-order valence-corrected chi connectivity index (χ4v) is 2.54. The van der Waals surface area contributed by atoms with E-state index in [1.165, 1.54) is 21.6 Å². The lowest BCUT2D eigenvalue weighted by molar-refractivity contribution is 0.273. The monoisotopic (exact) mass is 225 g/mol. The highest BCUT2D eigenvalue weighted by Gasteiger charge is 2.07. The van der Waals surface area contributed by atoms with Crippen LogP contribution in [0.4, 0.5) is 0 Å². The lowest BCUT2D eigenvalue weighted by Gasteiger charge is -2.17. The highest BCUT2D eigenvalue weighted by atomic mass is 32.2. The Morgan fingerprint density at radius 1 is 1.20 bits per heavy atom. The minimum Gasteiger partial charge on any atom is -0.395 e. The Kier molecular flexibility index (Phi) is 4.64. The molecule has 0 amide bonds. The van der Waals surface area contributed by atoms with Gasteiger partial charge >= 0.3 is 0 Å². The Morgan fingerprint density at radius 3 is 2.20 bits per heavy atom. The molecule has 0 spiro atoms. The number of hydrogen-bond donors (Lipinski definition) is 1. The average molecular weight is 225 g/mol. The van der Waals surface area contributed by atoms with Gasteiger partial charge in [0.2, 0.25) is 0 Å². The molecule has 15 heavy (non-hydrogen) atoms. The first-order valence-electron chi connectivity index (χ1n) is 5.12. The van der Waals surface area contributed by atoms with Crippen LogP contribution in [0.3, 0.4) is 0 Å². The first-order valence-corrected chi connectivity index (χ1v) is 5.89. The van der Waals surface area contributed by atoms with Crippen LogP contribution in [-0.2, 0) is 0 Å². The van der Waals surface area contributed by atoms with Crippen molar-refractivity contribution in [2.75, 3.05) is 20.2 Å². The van der Waals surface area contributed by atoms with Gasteiger partial charge in [0.1, 0.15) is 0 Å². The summed E-state index contributed by atoms with van der Waals surface area (Å²) in [5.74, 6) is 0. The molecule has 0 saturated heterocycles. The topological polar surface area (TPSA) is 23.5 Å². The number of nitrogens with zero attached hydrogens (tertiary/aromatic N) is 1. The van der Waals surface area contributed by atoms with Crippen LogP contribution in [0.2, 0.25) is 0 Å². The highest BCUT2D eigenvalue weighted by Crippen LogP contribution is 2.29. The Hall–Kier alpha value is -0.510. The van der Waals surface area contributed by atoms with Crippen molar-refractivity contribution in [3.8, 4) is 0 Å². The highest BCUT2D eigenvalue weighted by molar-refractivity contribution is 7.97. The van der Waals surface area contributed by atoms with Crippen LogP contribution in [0.15, 0.2) is 17.0 Å². The van der Waals surface area contributed by atoms with E-state index in [1.807, 2.05) is 7.05 Å². The van der Waals surface area contributed by atoms with E-state index in [1.54, 1.807) is 11.9 Å². The normalized spacial score (nSPS) is 11.1. The molecule has 0 saturated carbocycles. The molecule has 0 heterocycles. The first-order chi connectivity index (χ1) is 7.04. The molecule has 0 aromatic heterocycles. The molecule has 84 valence electrons. The molecule has 1 rings (SSSR count). The minimum atomic E-state index is 0.202. The summed E-state index contributed by atoms with van der Waals surface area (Å²) < 4.78 is 2.06. The summed E-state index contributed by atoms with van der Waals surface area (Å²) in [6, 6.07) is 4.39. The van der Waals surface area contributed by atoms with Crippen molar-refractivity contribution in [1.82, 2.24) is 4.31 Å². The van der Waals surface area contributed by atoms with E-state index < -0.39 is 0 Å². The van der Waals surface area contributed by atoms with E-state index in [4.69, 9.17) is 5.11 Å². The quantitative estimate of drug-likeness (QED) is 0.797. The van der Waals surface area contributed by atoms with E-state index in [2.05, 4.69) is 37.2 Å². The molecule has 0 fully saturated rings. The van der Waals surface area contributed by atoms with Gasteiger partial charge < -0.3 is 5.11 Å². The molecule has 0 atom stereocenters. The third-order valence-corrected chi connectivity index (χ3v) is 3.59. The summed E-state index contributed by atoms with van der Waals surface area (Å²) in [6.45, 7) is 7.28. The average Bonchev–Trinajstić information content (AvgIpc) is 2.11. The molecule has 0 aliphatic carbocycles. The number of aliphatic hydroxyl groups is 1. The minimum absolute atomic E-state index is 0.202. The van der Waals surface area contributed by atoms with Gasteiger partial charge in [-0.1, -0.05) is 17.7 Å².